The fourth-order valence-electron chi connectivity index (χ4n) is 1.42. The number of aliphatic hydroxyl groups is 1. The number of carbonyl (C=O) groups is 1. The lowest BCUT2D eigenvalue weighted by molar-refractivity contribution is -0.126. The highest BCUT2D eigenvalue weighted by Crippen LogP contribution is 2.09. The number of ether oxygens (including phenoxy) is 1. The van der Waals surface area contributed by atoms with Gasteiger partial charge in [-0.3, -0.25) is 4.79 Å². The molecule has 0 saturated carbocycles. The van der Waals surface area contributed by atoms with Crippen LogP contribution in [0.4, 0.5) is 0 Å². The zero-order chi connectivity index (χ0) is 13.3. The molecule has 0 aromatic heterocycles. The molecular formula is C12H26N2O3. The first-order valence-corrected chi connectivity index (χ1v) is 6.12. The molecule has 0 bridgehead atoms. The van der Waals surface area contributed by atoms with Crippen molar-refractivity contribution in [2.24, 2.45) is 11.7 Å². The Morgan fingerprint density at radius 1 is 1.59 bits per heavy atom. The molecule has 0 spiro atoms. The van der Waals surface area contributed by atoms with Gasteiger partial charge in [-0.1, -0.05) is 6.92 Å². The van der Waals surface area contributed by atoms with Crippen LogP contribution in [0, 0.1) is 5.92 Å². The number of nitrogens with one attached hydrogen (secondary N) is 1. The van der Waals surface area contributed by atoms with Crippen molar-refractivity contribution in [3.05, 3.63) is 0 Å². The van der Waals surface area contributed by atoms with Crippen LogP contribution in [0.3, 0.4) is 0 Å². The van der Waals surface area contributed by atoms with Crippen molar-refractivity contribution < 1.29 is 14.6 Å². The first-order valence-electron chi connectivity index (χ1n) is 6.12. The molecule has 5 nitrogen and oxygen atoms in total. The van der Waals surface area contributed by atoms with E-state index in [1.807, 2.05) is 6.92 Å². The second kappa shape index (κ2) is 8.44. The molecule has 0 aromatic rings. The van der Waals surface area contributed by atoms with Crippen LogP contribution in [-0.4, -0.2) is 43.4 Å². The maximum absolute atomic E-state index is 11.7. The Morgan fingerprint density at radius 3 is 2.76 bits per heavy atom. The summed E-state index contributed by atoms with van der Waals surface area (Å²) in [5.41, 5.74) is 4.47. The zero-order valence-corrected chi connectivity index (χ0v) is 11.2. The predicted octanol–water partition coefficient (Wildman–Crippen LogP) is 0.265. The normalized spacial score (nSPS) is 16.3. The molecule has 0 saturated heterocycles. The minimum atomic E-state index is -0.917. The van der Waals surface area contributed by atoms with Gasteiger partial charge < -0.3 is 20.9 Å². The molecule has 0 radical (unpaired) electrons. The second-order valence-electron chi connectivity index (χ2n) is 4.79. The summed E-state index contributed by atoms with van der Waals surface area (Å²) in [6, 6.07) is 0. The number of hydrogen-bond acceptors (Lipinski definition) is 4. The van der Waals surface area contributed by atoms with E-state index in [2.05, 4.69) is 5.32 Å². The van der Waals surface area contributed by atoms with Crippen LogP contribution >= 0.6 is 0 Å². The van der Waals surface area contributed by atoms with E-state index in [-0.39, 0.29) is 18.4 Å². The van der Waals surface area contributed by atoms with Gasteiger partial charge in [-0.15, -0.1) is 0 Å². The largest absolute Gasteiger partial charge is 0.388 e. The van der Waals surface area contributed by atoms with Gasteiger partial charge in [0.2, 0.25) is 5.91 Å². The molecule has 4 N–H and O–H groups in total. The van der Waals surface area contributed by atoms with Crippen LogP contribution in [0.25, 0.3) is 0 Å². The van der Waals surface area contributed by atoms with Gasteiger partial charge in [0.1, 0.15) is 0 Å². The van der Waals surface area contributed by atoms with Gasteiger partial charge in [-0.25, -0.2) is 0 Å². The maximum Gasteiger partial charge on any atom is 0.222 e. The summed E-state index contributed by atoms with van der Waals surface area (Å²) in [4.78, 5) is 11.7. The molecule has 0 rings (SSSR count). The van der Waals surface area contributed by atoms with Crippen molar-refractivity contribution in [3.8, 4) is 0 Å². The topological polar surface area (TPSA) is 84.6 Å². The summed E-state index contributed by atoms with van der Waals surface area (Å²) in [6.07, 6.45) is 2.12. The first kappa shape index (κ1) is 16.4. The summed E-state index contributed by atoms with van der Waals surface area (Å²) in [5, 5.41) is 12.7. The van der Waals surface area contributed by atoms with Crippen molar-refractivity contribution >= 4 is 5.91 Å². The van der Waals surface area contributed by atoms with Crippen LogP contribution in [0.5, 0.6) is 0 Å². The third-order valence-corrected chi connectivity index (χ3v) is 2.78. The first-order chi connectivity index (χ1) is 7.93. The minimum absolute atomic E-state index is 0.0314. The quantitative estimate of drug-likeness (QED) is 0.545. The Morgan fingerprint density at radius 2 is 2.24 bits per heavy atom. The van der Waals surface area contributed by atoms with Crippen molar-refractivity contribution in [3.63, 3.8) is 0 Å². The minimum Gasteiger partial charge on any atom is -0.388 e. The van der Waals surface area contributed by atoms with Gasteiger partial charge in [0.05, 0.1) is 5.60 Å². The van der Waals surface area contributed by atoms with Gasteiger partial charge in [-0.05, 0) is 26.3 Å². The highest BCUT2D eigenvalue weighted by atomic mass is 16.5. The fourth-order valence-corrected chi connectivity index (χ4v) is 1.42. The third kappa shape index (κ3) is 8.12. The van der Waals surface area contributed by atoms with E-state index in [9.17, 15) is 9.90 Å². The SMILES string of the molecule is COCCC(C)(O)CNC(=O)C(C)CCCN. The summed E-state index contributed by atoms with van der Waals surface area (Å²) in [6.45, 7) is 4.89. The van der Waals surface area contributed by atoms with Gasteiger partial charge in [-0.2, -0.15) is 0 Å². The lowest BCUT2D eigenvalue weighted by Gasteiger charge is -2.24. The van der Waals surface area contributed by atoms with Crippen molar-refractivity contribution in [1.29, 1.82) is 0 Å². The van der Waals surface area contributed by atoms with Crippen LogP contribution in [-0.2, 0) is 9.53 Å². The smallest absolute Gasteiger partial charge is 0.222 e. The second-order valence-corrected chi connectivity index (χ2v) is 4.79. The van der Waals surface area contributed by atoms with E-state index in [0.29, 0.717) is 19.6 Å². The van der Waals surface area contributed by atoms with E-state index in [1.165, 1.54) is 0 Å². The number of carbonyl (C=O) groups excluding carboxylic acids is 1. The lowest BCUT2D eigenvalue weighted by Crippen LogP contribution is -2.43. The zero-order valence-electron chi connectivity index (χ0n) is 11.2. The maximum atomic E-state index is 11.7. The molecule has 0 aliphatic heterocycles. The van der Waals surface area contributed by atoms with E-state index in [1.54, 1.807) is 14.0 Å². The van der Waals surface area contributed by atoms with Crippen LogP contribution in [0.2, 0.25) is 0 Å². The molecule has 0 heterocycles. The summed E-state index contributed by atoms with van der Waals surface area (Å²) in [7, 11) is 1.59. The Hall–Kier alpha value is -0.650. The Labute approximate surface area is 104 Å². The van der Waals surface area contributed by atoms with Crippen molar-refractivity contribution in [2.75, 3.05) is 26.8 Å². The standard InChI is InChI=1S/C12H26N2O3/c1-10(5-4-7-13)11(15)14-9-12(2,16)6-8-17-3/h10,16H,4-9,13H2,1-3H3,(H,14,15). The predicted molar refractivity (Wildman–Crippen MR) is 67.6 cm³/mol. The van der Waals surface area contributed by atoms with Gasteiger partial charge in [0.15, 0.2) is 0 Å². The van der Waals surface area contributed by atoms with Gasteiger partial charge >= 0.3 is 0 Å². The summed E-state index contributed by atoms with van der Waals surface area (Å²) >= 11 is 0. The van der Waals surface area contributed by atoms with Crippen LogP contribution in [0.15, 0.2) is 0 Å². The van der Waals surface area contributed by atoms with E-state index in [0.717, 1.165) is 12.8 Å². The van der Waals surface area contributed by atoms with E-state index in [4.69, 9.17) is 10.5 Å². The molecule has 17 heavy (non-hydrogen) atoms. The summed E-state index contributed by atoms with van der Waals surface area (Å²) < 4.78 is 4.90. The van der Waals surface area contributed by atoms with Crippen LogP contribution < -0.4 is 11.1 Å². The number of hydrogen-bond donors (Lipinski definition) is 3. The molecule has 0 aliphatic carbocycles. The molecule has 0 fully saturated rings. The van der Waals surface area contributed by atoms with Crippen LogP contribution in [0.1, 0.15) is 33.1 Å². The molecule has 2 atom stereocenters. The molecule has 5 heteroatoms. The molecule has 0 aliphatic rings. The Balaban J connectivity index is 3.88. The Kier molecular flexibility index (Phi) is 8.12. The summed E-state index contributed by atoms with van der Waals surface area (Å²) in [5.74, 6) is -0.0899. The molecule has 1 amide bonds. The molecule has 102 valence electrons. The van der Waals surface area contributed by atoms with Crippen molar-refractivity contribution in [2.45, 2.75) is 38.7 Å². The lowest BCUT2D eigenvalue weighted by atomic mass is 10.0. The average Bonchev–Trinajstić information content (AvgIpc) is 2.30. The van der Waals surface area contributed by atoms with E-state index < -0.39 is 5.60 Å². The van der Waals surface area contributed by atoms with Crippen molar-refractivity contribution in [1.82, 2.24) is 5.32 Å². The third-order valence-electron chi connectivity index (χ3n) is 2.78. The van der Waals surface area contributed by atoms with Gasteiger partial charge in [0, 0.05) is 32.6 Å². The monoisotopic (exact) mass is 246 g/mol. The molecule has 2 unspecified atom stereocenters. The molecular weight excluding hydrogens is 220 g/mol. The number of amides is 1. The fraction of sp³-hybridized carbons (Fsp3) is 0.917. The average molecular weight is 246 g/mol. The molecule has 0 aromatic carbocycles. The Bertz CT molecular complexity index is 220. The highest BCUT2D eigenvalue weighted by molar-refractivity contribution is 5.78. The number of rotatable bonds is 9. The number of nitrogens with two attached hydrogens (primary N) is 1. The highest BCUT2D eigenvalue weighted by Gasteiger charge is 2.22. The number of methoxy groups -OCH3 is 1. The van der Waals surface area contributed by atoms with Gasteiger partial charge in [0.25, 0.3) is 0 Å². The van der Waals surface area contributed by atoms with E-state index >= 15 is 0 Å².